The van der Waals surface area contributed by atoms with Crippen molar-refractivity contribution in [1.82, 2.24) is 14.8 Å². The largest absolute Gasteiger partial charge is 0.305 e. The first-order valence-electron chi connectivity index (χ1n) is 7.51. The minimum absolute atomic E-state index is 0.767. The predicted octanol–water partition coefficient (Wildman–Crippen LogP) is 5.44. The van der Waals surface area contributed by atoms with E-state index < -0.39 is 0 Å². The van der Waals surface area contributed by atoms with Gasteiger partial charge in [-0.2, -0.15) is 0 Å². The molecule has 0 saturated carbocycles. The van der Waals surface area contributed by atoms with Crippen molar-refractivity contribution in [3.63, 3.8) is 0 Å². The number of thiophene rings is 1. The van der Waals surface area contributed by atoms with Gasteiger partial charge in [0, 0.05) is 33.6 Å². The molecule has 0 atom stereocenters. The molecule has 1 aromatic carbocycles. The molecule has 3 rings (SSSR count). The maximum atomic E-state index is 6.03. The Hall–Kier alpha value is -1.30. The molecule has 0 amide bonds. The minimum Gasteiger partial charge on any atom is -0.305 e. The Balaban J connectivity index is 1.73. The van der Waals surface area contributed by atoms with Crippen molar-refractivity contribution in [2.24, 2.45) is 7.05 Å². The second-order valence-electron chi connectivity index (χ2n) is 5.34. The summed E-state index contributed by atoms with van der Waals surface area (Å²) in [5.41, 5.74) is 2.34. The summed E-state index contributed by atoms with van der Waals surface area (Å²) in [4.78, 5) is 1.40. The van der Waals surface area contributed by atoms with Gasteiger partial charge >= 0.3 is 0 Å². The maximum absolute atomic E-state index is 6.03. The third kappa shape index (κ3) is 3.97. The Kier molecular flexibility index (Phi) is 5.41. The van der Waals surface area contributed by atoms with Crippen molar-refractivity contribution in [2.75, 3.05) is 0 Å². The second-order valence-corrected chi connectivity index (χ2v) is 7.71. The predicted molar refractivity (Wildman–Crippen MR) is 99.3 cm³/mol. The highest BCUT2D eigenvalue weighted by molar-refractivity contribution is 7.98. The summed E-state index contributed by atoms with van der Waals surface area (Å²) >= 11 is 9.50. The minimum atomic E-state index is 0.767. The number of thioether (sulfide) groups is 1. The molecule has 120 valence electrons. The summed E-state index contributed by atoms with van der Waals surface area (Å²) in [6, 6.07) is 10.2. The quantitative estimate of drug-likeness (QED) is 0.546. The molecule has 0 N–H and O–H groups in total. The zero-order valence-electron chi connectivity index (χ0n) is 13.1. The Morgan fingerprint density at radius 2 is 2.13 bits per heavy atom. The third-order valence-electron chi connectivity index (χ3n) is 3.50. The molecule has 3 nitrogen and oxygen atoms in total. The number of benzene rings is 1. The molecule has 0 bridgehead atoms. The van der Waals surface area contributed by atoms with Gasteiger partial charge in [-0.15, -0.1) is 21.5 Å². The Bertz CT molecular complexity index is 795. The monoisotopic (exact) mass is 363 g/mol. The zero-order valence-corrected chi connectivity index (χ0v) is 15.5. The fraction of sp³-hybridized carbons (Fsp3) is 0.294. The molecule has 0 fully saturated rings. The topological polar surface area (TPSA) is 30.7 Å². The van der Waals surface area contributed by atoms with Gasteiger partial charge in [0.1, 0.15) is 0 Å². The molecule has 0 radical (unpaired) electrons. The fourth-order valence-corrected chi connectivity index (χ4v) is 4.38. The van der Waals surface area contributed by atoms with Gasteiger partial charge in [-0.1, -0.05) is 48.8 Å². The Labute approximate surface area is 149 Å². The fourth-order valence-electron chi connectivity index (χ4n) is 2.34. The third-order valence-corrected chi connectivity index (χ3v) is 5.82. The lowest BCUT2D eigenvalue weighted by Gasteiger charge is -2.03. The van der Waals surface area contributed by atoms with Gasteiger partial charge in [0.2, 0.25) is 0 Å². The van der Waals surface area contributed by atoms with Crippen LogP contribution in [0.5, 0.6) is 0 Å². The molecule has 0 aliphatic carbocycles. The number of aryl methyl sites for hydroxylation is 1. The lowest BCUT2D eigenvalue weighted by Crippen LogP contribution is -1.94. The number of hydrogen-bond acceptors (Lipinski definition) is 4. The summed E-state index contributed by atoms with van der Waals surface area (Å²) in [5.74, 6) is 1.76. The van der Waals surface area contributed by atoms with Crippen LogP contribution in [0.4, 0.5) is 0 Å². The number of hydrogen-bond donors (Lipinski definition) is 0. The first kappa shape index (κ1) is 16.6. The molecular weight excluding hydrogens is 346 g/mol. The normalized spacial score (nSPS) is 11.1. The van der Waals surface area contributed by atoms with E-state index in [2.05, 4.69) is 39.2 Å². The first-order valence-corrected chi connectivity index (χ1v) is 9.76. The van der Waals surface area contributed by atoms with Gasteiger partial charge in [-0.25, -0.2) is 0 Å². The Morgan fingerprint density at radius 1 is 1.26 bits per heavy atom. The van der Waals surface area contributed by atoms with E-state index in [-0.39, 0.29) is 0 Å². The van der Waals surface area contributed by atoms with Crippen LogP contribution in [0, 0.1) is 0 Å². The summed E-state index contributed by atoms with van der Waals surface area (Å²) in [6.07, 6.45) is 2.29. The molecule has 0 unspecified atom stereocenters. The van der Waals surface area contributed by atoms with Gasteiger partial charge in [0.05, 0.1) is 0 Å². The smallest absolute Gasteiger partial charge is 0.191 e. The molecule has 0 aliphatic rings. The standard InChI is InChI=1S/C17H18ClN3S2/c1-3-5-15-9-13(11-22-15)16-19-20-17(21(16)2)23-10-12-6-4-7-14(18)8-12/h4,6-9,11H,3,5,10H2,1-2H3. The van der Waals surface area contributed by atoms with E-state index in [0.29, 0.717) is 0 Å². The maximum Gasteiger partial charge on any atom is 0.191 e. The molecule has 2 heterocycles. The second kappa shape index (κ2) is 7.51. The molecule has 2 aromatic heterocycles. The molecule has 0 spiro atoms. The van der Waals surface area contributed by atoms with Gasteiger partial charge in [0.15, 0.2) is 11.0 Å². The first-order chi connectivity index (χ1) is 11.2. The summed E-state index contributed by atoms with van der Waals surface area (Å²) in [6.45, 7) is 2.20. The van der Waals surface area contributed by atoms with Gasteiger partial charge < -0.3 is 4.57 Å². The van der Waals surface area contributed by atoms with E-state index in [1.165, 1.54) is 16.9 Å². The van der Waals surface area contributed by atoms with E-state index in [4.69, 9.17) is 11.6 Å². The van der Waals surface area contributed by atoms with E-state index in [1.54, 1.807) is 23.1 Å². The van der Waals surface area contributed by atoms with E-state index in [9.17, 15) is 0 Å². The van der Waals surface area contributed by atoms with Crippen LogP contribution >= 0.6 is 34.7 Å². The number of halogens is 1. The number of aromatic nitrogens is 3. The molecule has 3 aromatic rings. The number of rotatable bonds is 6. The van der Waals surface area contributed by atoms with Crippen LogP contribution in [0.3, 0.4) is 0 Å². The van der Waals surface area contributed by atoms with Crippen molar-refractivity contribution in [1.29, 1.82) is 0 Å². The van der Waals surface area contributed by atoms with E-state index in [1.807, 2.05) is 25.2 Å². The van der Waals surface area contributed by atoms with E-state index >= 15 is 0 Å². The average molecular weight is 364 g/mol. The van der Waals surface area contributed by atoms with Crippen LogP contribution in [0.25, 0.3) is 11.4 Å². The lowest BCUT2D eigenvalue weighted by molar-refractivity contribution is 0.794. The lowest BCUT2D eigenvalue weighted by atomic mass is 10.2. The van der Waals surface area contributed by atoms with Crippen LogP contribution < -0.4 is 0 Å². The summed E-state index contributed by atoms with van der Waals surface area (Å²) in [7, 11) is 2.02. The molecule has 6 heteroatoms. The highest BCUT2D eigenvalue weighted by Gasteiger charge is 2.13. The van der Waals surface area contributed by atoms with Crippen LogP contribution in [0.1, 0.15) is 23.8 Å². The van der Waals surface area contributed by atoms with Crippen LogP contribution in [0.15, 0.2) is 40.9 Å². The van der Waals surface area contributed by atoms with Gasteiger partial charge in [0.25, 0.3) is 0 Å². The van der Waals surface area contributed by atoms with Crippen molar-refractivity contribution in [2.45, 2.75) is 30.7 Å². The highest BCUT2D eigenvalue weighted by atomic mass is 35.5. The zero-order chi connectivity index (χ0) is 16.2. The van der Waals surface area contributed by atoms with Crippen LogP contribution in [-0.4, -0.2) is 14.8 Å². The van der Waals surface area contributed by atoms with Gasteiger partial charge in [-0.3, -0.25) is 0 Å². The summed E-state index contributed by atoms with van der Waals surface area (Å²) < 4.78 is 2.06. The molecule has 0 saturated heterocycles. The SMILES string of the molecule is CCCc1cc(-c2nnc(SCc3cccc(Cl)c3)n2C)cs1. The highest BCUT2D eigenvalue weighted by Crippen LogP contribution is 2.29. The van der Waals surface area contributed by atoms with Crippen molar-refractivity contribution >= 4 is 34.7 Å². The molecule has 23 heavy (non-hydrogen) atoms. The van der Waals surface area contributed by atoms with Crippen molar-refractivity contribution < 1.29 is 0 Å². The number of nitrogens with zero attached hydrogens (tertiary/aromatic N) is 3. The Morgan fingerprint density at radius 3 is 2.91 bits per heavy atom. The summed E-state index contributed by atoms with van der Waals surface area (Å²) in [5, 5.41) is 12.5. The van der Waals surface area contributed by atoms with Gasteiger partial charge in [-0.05, 0) is 30.2 Å². The van der Waals surface area contributed by atoms with Crippen LogP contribution in [-0.2, 0) is 19.2 Å². The van der Waals surface area contributed by atoms with E-state index in [0.717, 1.165) is 33.7 Å². The average Bonchev–Trinajstić information content (AvgIpc) is 3.13. The molecule has 0 aliphatic heterocycles. The molecular formula is C17H18ClN3S2. The van der Waals surface area contributed by atoms with Crippen molar-refractivity contribution in [3.05, 3.63) is 51.2 Å². The van der Waals surface area contributed by atoms with Crippen molar-refractivity contribution in [3.8, 4) is 11.4 Å². The van der Waals surface area contributed by atoms with Crippen LogP contribution in [0.2, 0.25) is 5.02 Å².